The van der Waals surface area contributed by atoms with E-state index in [2.05, 4.69) is 0 Å². The highest BCUT2D eigenvalue weighted by atomic mass is 19.4. The number of amides is 2. The van der Waals surface area contributed by atoms with Crippen molar-refractivity contribution in [3.63, 3.8) is 0 Å². The van der Waals surface area contributed by atoms with Crippen LogP contribution in [0.1, 0.15) is 19.3 Å². The summed E-state index contributed by atoms with van der Waals surface area (Å²) in [6, 6.07) is 2.46. The van der Waals surface area contributed by atoms with Gasteiger partial charge < -0.3 is 0 Å². The number of carbonyl (C=O) groups is 2. The Morgan fingerprint density at radius 3 is 2.32 bits per heavy atom. The molecule has 1 aliphatic rings. The molecule has 2 amide bonds. The van der Waals surface area contributed by atoms with Gasteiger partial charge >= 0.3 is 6.18 Å². The van der Waals surface area contributed by atoms with E-state index < -0.39 is 36.2 Å². The summed E-state index contributed by atoms with van der Waals surface area (Å²) in [4.78, 5) is 23.6. The van der Waals surface area contributed by atoms with Crippen molar-refractivity contribution >= 4 is 11.8 Å². The maximum atomic E-state index is 12.7. The van der Waals surface area contributed by atoms with E-state index in [1.54, 1.807) is 0 Å². The normalized spacial score (nSPS) is 17.2. The minimum absolute atomic E-state index is 0.0893. The van der Waals surface area contributed by atoms with Crippen molar-refractivity contribution in [3.8, 4) is 12.1 Å². The number of halogens is 3. The van der Waals surface area contributed by atoms with Crippen molar-refractivity contribution in [3.05, 3.63) is 0 Å². The highest BCUT2D eigenvalue weighted by Crippen LogP contribution is 2.35. The summed E-state index contributed by atoms with van der Waals surface area (Å²) in [6.45, 7) is 0.0893. The predicted molar refractivity (Wildman–Crippen MR) is 54.8 cm³/mol. The van der Waals surface area contributed by atoms with Gasteiger partial charge in [0.2, 0.25) is 11.8 Å². The number of alkyl halides is 3. The molecule has 19 heavy (non-hydrogen) atoms. The number of likely N-dealkylation sites (tertiary alicyclic amines) is 1. The summed E-state index contributed by atoms with van der Waals surface area (Å²) in [5, 5.41) is 17.1. The van der Waals surface area contributed by atoms with Crippen LogP contribution in [0.15, 0.2) is 0 Å². The molecule has 0 saturated carbocycles. The van der Waals surface area contributed by atoms with E-state index in [1.165, 1.54) is 12.1 Å². The van der Waals surface area contributed by atoms with Gasteiger partial charge in [0.1, 0.15) is 5.92 Å². The van der Waals surface area contributed by atoms with E-state index >= 15 is 0 Å². The second kappa shape index (κ2) is 5.70. The van der Waals surface area contributed by atoms with Crippen molar-refractivity contribution in [1.82, 2.24) is 4.90 Å². The fourth-order valence-electron chi connectivity index (χ4n) is 1.84. The zero-order valence-corrected chi connectivity index (χ0v) is 9.78. The van der Waals surface area contributed by atoms with Crippen LogP contribution in [-0.2, 0) is 9.59 Å². The van der Waals surface area contributed by atoms with Crippen molar-refractivity contribution in [2.24, 2.45) is 11.8 Å². The van der Waals surface area contributed by atoms with Gasteiger partial charge in [0, 0.05) is 19.4 Å². The molecule has 8 heteroatoms. The molecule has 102 valence electrons. The third-order valence-corrected chi connectivity index (χ3v) is 2.87. The average molecular weight is 273 g/mol. The summed E-state index contributed by atoms with van der Waals surface area (Å²) in [5.74, 6) is -5.83. The minimum atomic E-state index is -4.84. The van der Waals surface area contributed by atoms with Crippen LogP contribution in [0.2, 0.25) is 0 Å². The van der Waals surface area contributed by atoms with Crippen LogP contribution in [0.3, 0.4) is 0 Å². The maximum absolute atomic E-state index is 12.7. The molecule has 0 aromatic rings. The molecule has 0 radical (unpaired) electrons. The molecule has 1 fully saturated rings. The molecular formula is C11H10F3N3O2. The standard InChI is InChI=1S/C11H10F3N3O2/c12-11(13,14)8(7(5-15)6-16)4-10(19)17-3-1-2-9(17)18/h7-8H,1-4H2/t8-/m1/s1. The zero-order chi connectivity index (χ0) is 14.6. The van der Waals surface area contributed by atoms with Crippen molar-refractivity contribution in [2.45, 2.75) is 25.4 Å². The zero-order valence-electron chi connectivity index (χ0n) is 9.78. The lowest BCUT2D eigenvalue weighted by Gasteiger charge is -2.22. The Morgan fingerprint density at radius 1 is 1.37 bits per heavy atom. The lowest BCUT2D eigenvalue weighted by Crippen LogP contribution is -2.38. The quantitative estimate of drug-likeness (QED) is 0.777. The Balaban J connectivity index is 2.85. The molecule has 0 aromatic heterocycles. The van der Waals surface area contributed by atoms with Crippen LogP contribution in [0.4, 0.5) is 13.2 Å². The van der Waals surface area contributed by atoms with Gasteiger partial charge in [-0.2, -0.15) is 23.7 Å². The van der Waals surface area contributed by atoms with Gasteiger partial charge in [-0.25, -0.2) is 0 Å². The fraction of sp³-hybridized carbons (Fsp3) is 0.636. The van der Waals surface area contributed by atoms with Gasteiger partial charge in [-0.15, -0.1) is 0 Å². The van der Waals surface area contributed by atoms with Gasteiger partial charge in [0.15, 0.2) is 0 Å². The maximum Gasteiger partial charge on any atom is 0.394 e. The Bertz CT molecular complexity index is 447. The summed E-state index contributed by atoms with van der Waals surface area (Å²) < 4.78 is 38.2. The highest BCUT2D eigenvalue weighted by Gasteiger charge is 2.47. The van der Waals surface area contributed by atoms with Gasteiger partial charge in [-0.3, -0.25) is 14.5 Å². The van der Waals surface area contributed by atoms with Crippen LogP contribution < -0.4 is 0 Å². The summed E-state index contributed by atoms with van der Waals surface area (Å²) >= 11 is 0. The minimum Gasteiger partial charge on any atom is -0.283 e. The number of hydrogen-bond acceptors (Lipinski definition) is 4. The molecule has 0 spiro atoms. The molecule has 1 aliphatic heterocycles. The van der Waals surface area contributed by atoms with Crippen LogP contribution in [0, 0.1) is 34.5 Å². The van der Waals surface area contributed by atoms with Crippen LogP contribution in [0.5, 0.6) is 0 Å². The monoisotopic (exact) mass is 273 g/mol. The Labute approximate surface area is 107 Å². The first kappa shape index (κ1) is 15.0. The lowest BCUT2D eigenvalue weighted by molar-refractivity contribution is -0.185. The molecule has 0 aromatic carbocycles. The lowest BCUT2D eigenvalue weighted by atomic mass is 9.90. The Morgan fingerprint density at radius 2 is 1.95 bits per heavy atom. The van der Waals surface area contributed by atoms with Crippen molar-refractivity contribution in [1.29, 1.82) is 10.5 Å². The topological polar surface area (TPSA) is 85.0 Å². The van der Waals surface area contributed by atoms with Crippen LogP contribution in [-0.4, -0.2) is 29.4 Å². The average Bonchev–Trinajstić information content (AvgIpc) is 2.74. The van der Waals surface area contributed by atoms with E-state index in [4.69, 9.17) is 10.5 Å². The second-order valence-corrected chi connectivity index (χ2v) is 4.13. The van der Waals surface area contributed by atoms with E-state index in [0.717, 1.165) is 4.90 Å². The van der Waals surface area contributed by atoms with Gasteiger partial charge in [-0.1, -0.05) is 0 Å². The van der Waals surface area contributed by atoms with E-state index in [1.807, 2.05) is 0 Å². The smallest absolute Gasteiger partial charge is 0.283 e. The number of carbonyl (C=O) groups excluding carboxylic acids is 2. The largest absolute Gasteiger partial charge is 0.394 e. The van der Waals surface area contributed by atoms with Gasteiger partial charge in [0.05, 0.1) is 18.1 Å². The fourth-order valence-corrected chi connectivity index (χ4v) is 1.84. The molecule has 0 aliphatic carbocycles. The van der Waals surface area contributed by atoms with E-state index in [0.29, 0.717) is 6.42 Å². The number of nitriles is 2. The number of rotatable bonds is 3. The SMILES string of the molecule is N#CC(C#N)[C@@H](CC(=O)N1CCCC1=O)C(F)(F)F. The van der Waals surface area contributed by atoms with Gasteiger partial charge in [0.25, 0.3) is 0 Å². The molecular weight excluding hydrogens is 263 g/mol. The predicted octanol–water partition coefficient (Wildman–Crippen LogP) is 1.37. The second-order valence-electron chi connectivity index (χ2n) is 4.13. The highest BCUT2D eigenvalue weighted by molar-refractivity contribution is 5.96. The number of imide groups is 1. The molecule has 0 unspecified atom stereocenters. The first-order valence-corrected chi connectivity index (χ1v) is 5.50. The first-order chi connectivity index (χ1) is 8.81. The van der Waals surface area contributed by atoms with Crippen molar-refractivity contribution < 1.29 is 22.8 Å². The summed E-state index contributed by atoms with van der Waals surface area (Å²) in [7, 11) is 0. The third kappa shape index (κ3) is 3.44. The summed E-state index contributed by atoms with van der Waals surface area (Å²) in [6.07, 6.45) is -5.35. The summed E-state index contributed by atoms with van der Waals surface area (Å²) in [5.41, 5.74) is 0. The third-order valence-electron chi connectivity index (χ3n) is 2.87. The van der Waals surface area contributed by atoms with Gasteiger partial charge in [-0.05, 0) is 6.42 Å². The molecule has 0 N–H and O–H groups in total. The van der Waals surface area contributed by atoms with E-state index in [9.17, 15) is 22.8 Å². The Hall–Kier alpha value is -2.09. The molecule has 0 bridgehead atoms. The molecule has 1 rings (SSSR count). The molecule has 1 atom stereocenters. The molecule has 5 nitrogen and oxygen atoms in total. The van der Waals surface area contributed by atoms with Crippen LogP contribution >= 0.6 is 0 Å². The van der Waals surface area contributed by atoms with Crippen LogP contribution in [0.25, 0.3) is 0 Å². The van der Waals surface area contributed by atoms with Crippen molar-refractivity contribution in [2.75, 3.05) is 6.54 Å². The Kier molecular flexibility index (Phi) is 4.49. The molecule has 1 saturated heterocycles. The van der Waals surface area contributed by atoms with E-state index in [-0.39, 0.29) is 13.0 Å². The number of nitrogens with zero attached hydrogens (tertiary/aromatic N) is 3. The first-order valence-electron chi connectivity index (χ1n) is 5.50. The number of hydrogen-bond donors (Lipinski definition) is 0. The molecule has 1 heterocycles.